The van der Waals surface area contributed by atoms with Crippen LogP contribution in [-0.2, 0) is 4.74 Å². The molecule has 0 aromatic rings. The van der Waals surface area contributed by atoms with Crippen LogP contribution in [0.3, 0.4) is 0 Å². The maximum absolute atomic E-state index is 9.26. The Morgan fingerprint density at radius 1 is 1.00 bits per heavy atom. The SMILES string of the molecule is C=COC(O)CCCCCCCCCCC. The van der Waals surface area contributed by atoms with E-state index in [2.05, 4.69) is 13.5 Å². The molecule has 0 aliphatic heterocycles. The summed E-state index contributed by atoms with van der Waals surface area (Å²) in [5, 5.41) is 9.26. The van der Waals surface area contributed by atoms with Crippen LogP contribution in [0.4, 0.5) is 0 Å². The van der Waals surface area contributed by atoms with Gasteiger partial charge in [-0.1, -0.05) is 64.9 Å². The first-order valence-electron chi connectivity index (χ1n) is 6.75. The number of rotatable bonds is 12. The van der Waals surface area contributed by atoms with E-state index in [1.165, 1.54) is 57.6 Å². The van der Waals surface area contributed by atoms with Crippen LogP contribution in [0.5, 0.6) is 0 Å². The highest BCUT2D eigenvalue weighted by atomic mass is 16.6. The molecule has 0 aromatic carbocycles. The van der Waals surface area contributed by atoms with E-state index in [0.717, 1.165) is 12.8 Å². The topological polar surface area (TPSA) is 29.5 Å². The first-order valence-corrected chi connectivity index (χ1v) is 6.75. The highest BCUT2D eigenvalue weighted by Crippen LogP contribution is 2.11. The molecule has 16 heavy (non-hydrogen) atoms. The van der Waals surface area contributed by atoms with E-state index in [1.54, 1.807) is 0 Å². The van der Waals surface area contributed by atoms with E-state index in [4.69, 9.17) is 4.74 Å². The summed E-state index contributed by atoms with van der Waals surface area (Å²) in [6.45, 7) is 5.66. The molecule has 0 fully saturated rings. The second kappa shape index (κ2) is 12.6. The number of hydrogen-bond acceptors (Lipinski definition) is 2. The molecule has 1 atom stereocenters. The van der Waals surface area contributed by atoms with Crippen molar-refractivity contribution in [2.45, 2.75) is 77.4 Å². The Kier molecular flexibility index (Phi) is 12.2. The van der Waals surface area contributed by atoms with Crippen molar-refractivity contribution in [1.29, 1.82) is 0 Å². The third kappa shape index (κ3) is 11.6. The molecule has 0 aromatic heterocycles. The zero-order chi connectivity index (χ0) is 12.1. The largest absolute Gasteiger partial charge is 0.473 e. The van der Waals surface area contributed by atoms with Crippen LogP contribution in [0.15, 0.2) is 12.8 Å². The van der Waals surface area contributed by atoms with Crippen molar-refractivity contribution >= 4 is 0 Å². The molecule has 0 rings (SSSR count). The summed E-state index contributed by atoms with van der Waals surface area (Å²) in [4.78, 5) is 0. The van der Waals surface area contributed by atoms with Crippen LogP contribution >= 0.6 is 0 Å². The molecule has 2 nitrogen and oxygen atoms in total. The van der Waals surface area contributed by atoms with Gasteiger partial charge in [-0.05, 0) is 6.42 Å². The van der Waals surface area contributed by atoms with Gasteiger partial charge in [0, 0.05) is 6.42 Å². The molecule has 2 heteroatoms. The van der Waals surface area contributed by atoms with Gasteiger partial charge in [0.2, 0.25) is 0 Å². The fourth-order valence-electron chi connectivity index (χ4n) is 1.81. The Hall–Kier alpha value is -0.500. The Morgan fingerprint density at radius 2 is 1.50 bits per heavy atom. The minimum Gasteiger partial charge on any atom is -0.473 e. The highest BCUT2D eigenvalue weighted by molar-refractivity contribution is 4.53. The maximum atomic E-state index is 9.26. The fourth-order valence-corrected chi connectivity index (χ4v) is 1.81. The molecule has 0 saturated heterocycles. The van der Waals surface area contributed by atoms with Gasteiger partial charge in [-0.15, -0.1) is 0 Å². The van der Waals surface area contributed by atoms with E-state index in [-0.39, 0.29) is 0 Å². The lowest BCUT2D eigenvalue weighted by Crippen LogP contribution is -2.07. The molecule has 0 spiro atoms. The molecule has 0 saturated carbocycles. The van der Waals surface area contributed by atoms with Gasteiger partial charge in [0.15, 0.2) is 6.29 Å². The minimum atomic E-state index is -0.651. The summed E-state index contributed by atoms with van der Waals surface area (Å²) in [6.07, 6.45) is 13.1. The van der Waals surface area contributed by atoms with Crippen LogP contribution in [0, 0.1) is 0 Å². The van der Waals surface area contributed by atoms with Gasteiger partial charge in [-0.3, -0.25) is 0 Å². The third-order valence-corrected chi connectivity index (χ3v) is 2.81. The number of aliphatic hydroxyl groups is 1. The molecule has 0 aliphatic carbocycles. The van der Waals surface area contributed by atoms with E-state index in [1.807, 2.05) is 0 Å². The first-order chi connectivity index (χ1) is 7.81. The van der Waals surface area contributed by atoms with Crippen LogP contribution in [0.2, 0.25) is 0 Å². The van der Waals surface area contributed by atoms with Gasteiger partial charge in [0.1, 0.15) is 0 Å². The van der Waals surface area contributed by atoms with Crippen LogP contribution < -0.4 is 0 Å². The molecule has 0 aliphatic rings. The molecule has 96 valence electrons. The van der Waals surface area contributed by atoms with Crippen molar-refractivity contribution in [3.63, 3.8) is 0 Å². The van der Waals surface area contributed by atoms with Gasteiger partial charge in [-0.2, -0.15) is 0 Å². The van der Waals surface area contributed by atoms with Crippen LogP contribution in [0.25, 0.3) is 0 Å². The molecule has 1 unspecified atom stereocenters. The molecule has 0 radical (unpaired) electrons. The van der Waals surface area contributed by atoms with Crippen LogP contribution in [-0.4, -0.2) is 11.4 Å². The monoisotopic (exact) mass is 228 g/mol. The highest BCUT2D eigenvalue weighted by Gasteiger charge is 2.00. The Morgan fingerprint density at radius 3 is 2.00 bits per heavy atom. The Bertz CT molecular complexity index is 146. The molecule has 1 N–H and O–H groups in total. The van der Waals surface area contributed by atoms with Gasteiger partial charge in [0.25, 0.3) is 0 Å². The van der Waals surface area contributed by atoms with Gasteiger partial charge in [0.05, 0.1) is 6.26 Å². The van der Waals surface area contributed by atoms with E-state index in [0.29, 0.717) is 0 Å². The Labute approximate surface area is 101 Å². The number of ether oxygens (including phenoxy) is 1. The molecule has 0 heterocycles. The van der Waals surface area contributed by atoms with Crippen LogP contribution in [0.1, 0.15) is 71.1 Å². The fraction of sp³-hybridized carbons (Fsp3) is 0.857. The lowest BCUT2D eigenvalue weighted by atomic mass is 10.1. The second-order valence-electron chi connectivity index (χ2n) is 4.37. The average molecular weight is 228 g/mol. The summed E-state index contributed by atoms with van der Waals surface area (Å²) >= 11 is 0. The smallest absolute Gasteiger partial charge is 0.196 e. The van der Waals surface area contributed by atoms with Crippen molar-refractivity contribution < 1.29 is 9.84 Å². The predicted molar refractivity (Wildman–Crippen MR) is 69.1 cm³/mol. The van der Waals surface area contributed by atoms with Crippen molar-refractivity contribution in [2.24, 2.45) is 0 Å². The van der Waals surface area contributed by atoms with E-state index < -0.39 is 6.29 Å². The maximum Gasteiger partial charge on any atom is 0.196 e. The number of unbranched alkanes of at least 4 members (excludes halogenated alkanes) is 8. The summed E-state index contributed by atoms with van der Waals surface area (Å²) in [5.74, 6) is 0. The minimum absolute atomic E-state index is 0.651. The summed E-state index contributed by atoms with van der Waals surface area (Å²) in [7, 11) is 0. The summed E-state index contributed by atoms with van der Waals surface area (Å²) < 4.78 is 4.83. The van der Waals surface area contributed by atoms with E-state index >= 15 is 0 Å². The lowest BCUT2D eigenvalue weighted by Gasteiger charge is -2.08. The molecular formula is C14H28O2. The van der Waals surface area contributed by atoms with Gasteiger partial charge in [-0.25, -0.2) is 0 Å². The molecule has 0 bridgehead atoms. The summed E-state index contributed by atoms with van der Waals surface area (Å²) in [6, 6.07) is 0. The average Bonchev–Trinajstić information content (AvgIpc) is 2.27. The van der Waals surface area contributed by atoms with Crippen molar-refractivity contribution in [3.05, 3.63) is 12.8 Å². The van der Waals surface area contributed by atoms with E-state index in [9.17, 15) is 5.11 Å². The normalized spacial score (nSPS) is 12.4. The zero-order valence-corrected chi connectivity index (χ0v) is 10.8. The van der Waals surface area contributed by atoms with Crippen molar-refractivity contribution in [1.82, 2.24) is 0 Å². The predicted octanol–water partition coefficient (Wildman–Crippen LogP) is 4.39. The first kappa shape index (κ1) is 15.5. The zero-order valence-electron chi connectivity index (χ0n) is 10.8. The lowest BCUT2D eigenvalue weighted by molar-refractivity contribution is -0.0569. The molecule has 0 amide bonds. The van der Waals surface area contributed by atoms with Gasteiger partial charge >= 0.3 is 0 Å². The number of aliphatic hydroxyl groups excluding tert-OH is 1. The summed E-state index contributed by atoms with van der Waals surface area (Å²) in [5.41, 5.74) is 0. The standard InChI is InChI=1S/C14H28O2/c1-3-5-6-7-8-9-10-11-12-13-14(15)16-4-2/h4,14-15H,2-3,5-13H2,1H3. The van der Waals surface area contributed by atoms with Crippen molar-refractivity contribution in [3.8, 4) is 0 Å². The molecular weight excluding hydrogens is 200 g/mol. The third-order valence-electron chi connectivity index (χ3n) is 2.81. The van der Waals surface area contributed by atoms with Gasteiger partial charge < -0.3 is 9.84 Å². The van der Waals surface area contributed by atoms with Crippen molar-refractivity contribution in [2.75, 3.05) is 0 Å². The second-order valence-corrected chi connectivity index (χ2v) is 4.37. The Balaban J connectivity index is 3.00. The quantitative estimate of drug-likeness (QED) is 0.305. The number of hydrogen-bond donors (Lipinski definition) is 1.